The first-order valence-corrected chi connectivity index (χ1v) is 9.72. The van der Waals surface area contributed by atoms with Crippen molar-refractivity contribution in [1.82, 2.24) is 4.90 Å². The molecule has 2 heterocycles. The van der Waals surface area contributed by atoms with E-state index < -0.39 is 0 Å². The number of likely N-dealkylation sites (N-methyl/N-ethyl adjacent to an activating group) is 1. The second-order valence-electron chi connectivity index (χ2n) is 6.41. The van der Waals surface area contributed by atoms with Crippen molar-refractivity contribution in [2.75, 3.05) is 31.1 Å². The number of rotatable bonds is 5. The molecule has 1 aromatic heterocycles. The Balaban J connectivity index is 0.00000192. The highest BCUT2D eigenvalue weighted by Crippen LogP contribution is 2.42. The molecule has 3 nitrogen and oxygen atoms in total. The van der Waals surface area contributed by atoms with E-state index in [2.05, 4.69) is 23.6 Å². The van der Waals surface area contributed by atoms with Gasteiger partial charge in [0.05, 0.1) is 5.69 Å². The lowest BCUT2D eigenvalue weighted by atomic mass is 9.97. The molecule has 0 atom stereocenters. The molecule has 0 radical (unpaired) electrons. The van der Waals surface area contributed by atoms with Gasteiger partial charge < -0.3 is 9.80 Å². The third-order valence-electron chi connectivity index (χ3n) is 5.11. The highest BCUT2D eigenvalue weighted by atomic mass is 35.5. The van der Waals surface area contributed by atoms with Gasteiger partial charge in [0.1, 0.15) is 0 Å². The molecular formula is C18H29ClN2OS. The number of thiophene rings is 1. The van der Waals surface area contributed by atoms with E-state index in [1.807, 2.05) is 11.3 Å². The number of amides is 1. The first kappa shape index (κ1) is 18.8. The van der Waals surface area contributed by atoms with E-state index in [0.717, 1.165) is 39.0 Å². The zero-order valence-corrected chi connectivity index (χ0v) is 16.0. The van der Waals surface area contributed by atoms with Gasteiger partial charge in [-0.2, -0.15) is 0 Å². The fourth-order valence-corrected chi connectivity index (χ4v) is 5.21. The van der Waals surface area contributed by atoms with Crippen LogP contribution in [0.2, 0.25) is 0 Å². The summed E-state index contributed by atoms with van der Waals surface area (Å²) in [4.78, 5) is 20.3. The van der Waals surface area contributed by atoms with E-state index in [4.69, 9.17) is 0 Å². The van der Waals surface area contributed by atoms with Gasteiger partial charge in [-0.05, 0) is 57.2 Å². The molecule has 0 saturated carbocycles. The van der Waals surface area contributed by atoms with Crippen molar-refractivity contribution in [3.05, 3.63) is 15.3 Å². The van der Waals surface area contributed by atoms with Gasteiger partial charge >= 0.3 is 0 Å². The number of hydrogen-bond donors (Lipinski definition) is 0. The molecule has 3 rings (SSSR count). The van der Waals surface area contributed by atoms with Crippen LogP contribution >= 0.6 is 23.7 Å². The lowest BCUT2D eigenvalue weighted by Crippen LogP contribution is -2.38. The average Bonchev–Trinajstić information content (AvgIpc) is 2.82. The normalized spacial score (nSPS) is 17.5. The number of hydrogen-bond acceptors (Lipinski definition) is 3. The maximum Gasteiger partial charge on any atom is 0.227 e. The standard InChI is InChI=1S/C18H28N2OS.ClH/c1-3-19(4-2)12-13-20-17(21)11-7-10-16-18(20)14-8-5-6-9-15(14)22-16;/h3-13H2,1-2H3;1H. The third kappa shape index (κ3) is 3.92. The van der Waals surface area contributed by atoms with Crippen molar-refractivity contribution in [1.29, 1.82) is 0 Å². The van der Waals surface area contributed by atoms with Gasteiger partial charge in [-0.3, -0.25) is 4.79 Å². The highest BCUT2D eigenvalue weighted by molar-refractivity contribution is 7.12. The summed E-state index contributed by atoms with van der Waals surface area (Å²) in [5, 5.41) is 0. The minimum absolute atomic E-state index is 0. The number of carbonyl (C=O) groups is 1. The quantitative estimate of drug-likeness (QED) is 0.794. The predicted molar refractivity (Wildman–Crippen MR) is 101 cm³/mol. The summed E-state index contributed by atoms with van der Waals surface area (Å²) >= 11 is 2.00. The summed E-state index contributed by atoms with van der Waals surface area (Å²) in [6, 6.07) is 0. The van der Waals surface area contributed by atoms with Gasteiger partial charge in [0.15, 0.2) is 0 Å². The number of carbonyl (C=O) groups excluding carboxylic acids is 1. The highest BCUT2D eigenvalue weighted by Gasteiger charge is 2.29. The summed E-state index contributed by atoms with van der Waals surface area (Å²) in [6.45, 7) is 8.37. The molecule has 0 bridgehead atoms. The first-order chi connectivity index (χ1) is 10.7. The molecule has 1 aliphatic carbocycles. The molecule has 0 unspecified atom stereocenters. The summed E-state index contributed by atoms with van der Waals surface area (Å²) in [6.07, 6.45) is 7.84. The molecule has 0 aromatic carbocycles. The van der Waals surface area contributed by atoms with Crippen LogP contribution in [0.3, 0.4) is 0 Å². The van der Waals surface area contributed by atoms with Crippen molar-refractivity contribution in [3.8, 4) is 0 Å². The van der Waals surface area contributed by atoms with Crippen LogP contribution < -0.4 is 4.90 Å². The van der Waals surface area contributed by atoms with Crippen LogP contribution in [0.1, 0.15) is 54.8 Å². The van der Waals surface area contributed by atoms with Crippen molar-refractivity contribution < 1.29 is 4.79 Å². The second kappa shape index (κ2) is 8.50. The van der Waals surface area contributed by atoms with Crippen LogP contribution in [0.15, 0.2) is 0 Å². The molecule has 1 aliphatic heterocycles. The number of aryl methyl sites for hydroxylation is 2. The Morgan fingerprint density at radius 3 is 2.43 bits per heavy atom. The summed E-state index contributed by atoms with van der Waals surface area (Å²) in [5.74, 6) is 0.345. The molecule has 23 heavy (non-hydrogen) atoms. The number of nitrogens with zero attached hydrogens (tertiary/aromatic N) is 2. The number of fused-ring (bicyclic) bond motifs is 3. The van der Waals surface area contributed by atoms with Gasteiger partial charge in [0.2, 0.25) is 5.91 Å². The summed E-state index contributed by atoms with van der Waals surface area (Å²) in [5.41, 5.74) is 2.84. The molecular weight excluding hydrogens is 328 g/mol. The van der Waals surface area contributed by atoms with E-state index in [1.165, 1.54) is 41.8 Å². The van der Waals surface area contributed by atoms with Crippen LogP contribution in [-0.4, -0.2) is 37.0 Å². The molecule has 0 N–H and O–H groups in total. The zero-order chi connectivity index (χ0) is 15.5. The van der Waals surface area contributed by atoms with E-state index >= 15 is 0 Å². The average molecular weight is 357 g/mol. The summed E-state index contributed by atoms with van der Waals surface area (Å²) in [7, 11) is 0. The lowest BCUT2D eigenvalue weighted by Gasteiger charge is -2.27. The SMILES string of the molecule is CCN(CC)CCN1C(=O)CCCc2sc3c(c21)CCCC3.Cl. The third-order valence-corrected chi connectivity index (χ3v) is 6.45. The largest absolute Gasteiger partial charge is 0.310 e. The minimum atomic E-state index is 0. The molecule has 1 amide bonds. The maximum absolute atomic E-state index is 12.7. The van der Waals surface area contributed by atoms with Gasteiger partial charge in [0.25, 0.3) is 0 Å². The fraction of sp³-hybridized carbons (Fsp3) is 0.722. The van der Waals surface area contributed by atoms with Crippen LogP contribution in [0.4, 0.5) is 5.69 Å². The molecule has 0 fully saturated rings. The Morgan fingerprint density at radius 1 is 1.00 bits per heavy atom. The smallest absolute Gasteiger partial charge is 0.227 e. The van der Waals surface area contributed by atoms with E-state index in [9.17, 15) is 4.79 Å². The Hall–Kier alpha value is -0.580. The van der Waals surface area contributed by atoms with E-state index in [0.29, 0.717) is 12.3 Å². The van der Waals surface area contributed by atoms with Gasteiger partial charge in [0, 0.05) is 29.3 Å². The minimum Gasteiger partial charge on any atom is -0.310 e. The van der Waals surface area contributed by atoms with Crippen molar-refractivity contribution >= 4 is 35.3 Å². The maximum atomic E-state index is 12.7. The van der Waals surface area contributed by atoms with Crippen LogP contribution in [0, 0.1) is 0 Å². The first-order valence-electron chi connectivity index (χ1n) is 8.90. The fourth-order valence-electron chi connectivity index (χ4n) is 3.77. The van der Waals surface area contributed by atoms with Crippen LogP contribution in [0.5, 0.6) is 0 Å². The molecule has 5 heteroatoms. The number of anilines is 1. The molecule has 1 aromatic rings. The van der Waals surface area contributed by atoms with E-state index in [-0.39, 0.29) is 12.4 Å². The van der Waals surface area contributed by atoms with Crippen LogP contribution in [-0.2, 0) is 24.1 Å². The van der Waals surface area contributed by atoms with Gasteiger partial charge in [-0.15, -0.1) is 23.7 Å². The lowest BCUT2D eigenvalue weighted by molar-refractivity contribution is -0.118. The monoisotopic (exact) mass is 356 g/mol. The predicted octanol–water partition coefficient (Wildman–Crippen LogP) is 4.06. The number of halogens is 1. The van der Waals surface area contributed by atoms with Crippen molar-refractivity contribution in [3.63, 3.8) is 0 Å². The Labute approximate surface area is 150 Å². The molecule has 0 spiro atoms. The Bertz CT molecular complexity index is 539. The van der Waals surface area contributed by atoms with E-state index in [1.54, 1.807) is 4.88 Å². The molecule has 2 aliphatic rings. The Kier molecular flexibility index (Phi) is 6.93. The molecule has 130 valence electrons. The molecule has 0 saturated heterocycles. The topological polar surface area (TPSA) is 23.6 Å². The summed E-state index contributed by atoms with van der Waals surface area (Å²) < 4.78 is 0. The van der Waals surface area contributed by atoms with Gasteiger partial charge in [-0.1, -0.05) is 13.8 Å². The zero-order valence-electron chi connectivity index (χ0n) is 14.4. The van der Waals surface area contributed by atoms with Gasteiger partial charge in [-0.25, -0.2) is 0 Å². The van der Waals surface area contributed by atoms with Crippen molar-refractivity contribution in [2.24, 2.45) is 0 Å². The van der Waals surface area contributed by atoms with Crippen LogP contribution in [0.25, 0.3) is 0 Å². The van der Waals surface area contributed by atoms with Crippen molar-refractivity contribution in [2.45, 2.75) is 58.8 Å². The second-order valence-corrected chi connectivity index (χ2v) is 7.60. The Morgan fingerprint density at radius 2 is 1.70 bits per heavy atom.